The summed E-state index contributed by atoms with van der Waals surface area (Å²) in [6.45, 7) is 10.9. The normalized spacial score (nSPS) is 14.6. The molecule has 1 aliphatic heterocycles. The first-order chi connectivity index (χ1) is 19.1. The van der Waals surface area contributed by atoms with Gasteiger partial charge >= 0.3 is 6.01 Å². The number of aromatic nitrogens is 6. The van der Waals surface area contributed by atoms with Gasteiger partial charge < -0.3 is 19.9 Å². The minimum atomic E-state index is -0.576. The number of nitrogens with one attached hydrogen (secondary N) is 1. The smallest absolute Gasteiger partial charge is 0.322 e. The number of aryl methyl sites for hydroxylation is 2. The Morgan fingerprint density at radius 1 is 1.18 bits per heavy atom. The molecule has 1 N–H and O–H groups in total. The number of ether oxygens (including phenoxy) is 1. The molecule has 4 aromatic rings. The van der Waals surface area contributed by atoms with Crippen molar-refractivity contribution in [3.8, 4) is 22.9 Å². The summed E-state index contributed by atoms with van der Waals surface area (Å²) in [5.41, 5.74) is 2.14. The number of carbonyl (C=O) groups excluding carboxylic acids is 1. The molecular formula is C28H30FN9O2. The molecule has 0 unspecified atom stereocenters. The molecule has 0 bridgehead atoms. The van der Waals surface area contributed by atoms with E-state index in [2.05, 4.69) is 36.8 Å². The maximum atomic E-state index is 15.3. The molecule has 206 valence electrons. The fraction of sp³-hybridized carbons (Fsp3) is 0.286. The Bertz CT molecular complexity index is 1570. The quantitative estimate of drug-likeness (QED) is 0.342. The lowest BCUT2D eigenvalue weighted by atomic mass is 9.97. The van der Waals surface area contributed by atoms with Crippen LogP contribution in [-0.2, 0) is 11.8 Å². The summed E-state index contributed by atoms with van der Waals surface area (Å²) in [6, 6.07) is 6.45. The summed E-state index contributed by atoms with van der Waals surface area (Å²) in [7, 11) is 1.82. The highest BCUT2D eigenvalue weighted by Gasteiger charge is 2.37. The summed E-state index contributed by atoms with van der Waals surface area (Å²) < 4.78 is 22.5. The first-order valence-electron chi connectivity index (χ1n) is 12.7. The summed E-state index contributed by atoms with van der Waals surface area (Å²) in [6.07, 6.45) is 8.03. The number of piperazine rings is 1. The van der Waals surface area contributed by atoms with Crippen molar-refractivity contribution in [3.63, 3.8) is 0 Å². The molecule has 0 saturated carbocycles. The predicted octanol–water partition coefficient (Wildman–Crippen LogP) is 4.26. The summed E-state index contributed by atoms with van der Waals surface area (Å²) in [5.74, 6) is 0.278. The number of hydrogen-bond acceptors (Lipinski definition) is 9. The number of benzene rings is 1. The van der Waals surface area contributed by atoms with Crippen molar-refractivity contribution < 1.29 is 13.9 Å². The van der Waals surface area contributed by atoms with Crippen molar-refractivity contribution in [1.82, 2.24) is 34.6 Å². The van der Waals surface area contributed by atoms with E-state index < -0.39 is 11.4 Å². The van der Waals surface area contributed by atoms with E-state index >= 15 is 4.39 Å². The average molecular weight is 544 g/mol. The Morgan fingerprint density at radius 3 is 2.67 bits per heavy atom. The molecule has 1 saturated heterocycles. The summed E-state index contributed by atoms with van der Waals surface area (Å²) in [4.78, 5) is 33.9. The first-order valence-corrected chi connectivity index (χ1v) is 12.7. The topological polar surface area (TPSA) is 114 Å². The van der Waals surface area contributed by atoms with Crippen LogP contribution >= 0.6 is 0 Å². The Morgan fingerprint density at radius 2 is 2.00 bits per heavy atom. The molecule has 1 fully saturated rings. The Hall–Kier alpha value is -4.87. The number of carbonyl (C=O) groups is 1. The van der Waals surface area contributed by atoms with Gasteiger partial charge in [-0.3, -0.25) is 9.48 Å². The Kier molecular flexibility index (Phi) is 7.16. The third-order valence-electron chi connectivity index (χ3n) is 6.59. The maximum Gasteiger partial charge on any atom is 0.322 e. The lowest BCUT2D eigenvalue weighted by molar-refractivity contribution is -0.131. The first kappa shape index (κ1) is 26.7. The Labute approximate surface area is 231 Å². The van der Waals surface area contributed by atoms with E-state index in [0.717, 1.165) is 5.69 Å². The van der Waals surface area contributed by atoms with Crippen LogP contribution in [0.4, 0.5) is 21.8 Å². The van der Waals surface area contributed by atoms with E-state index in [1.165, 1.54) is 18.2 Å². The highest BCUT2D eigenvalue weighted by molar-refractivity contribution is 5.88. The van der Waals surface area contributed by atoms with Crippen molar-refractivity contribution in [1.29, 1.82) is 0 Å². The second-order valence-corrected chi connectivity index (χ2v) is 10.1. The monoisotopic (exact) mass is 543 g/mol. The van der Waals surface area contributed by atoms with Gasteiger partial charge in [-0.25, -0.2) is 19.3 Å². The number of nitrogens with zero attached hydrogens (tertiary/aromatic N) is 8. The number of halogens is 1. The standard InChI is InChI=1S/C28H30FN9O2/c1-6-24(39)38-12-11-37(17-28(38,3)4)25-21(15-31-26(35-25)34-20-14-32-36(5)16-20)19-7-8-23(22(29)13-19)40-27-30-10-9-18(2)33-27/h6-10,13-16H,1,11-12,17H2,2-5H3,(H,31,34,35). The zero-order valence-corrected chi connectivity index (χ0v) is 22.8. The minimum Gasteiger partial charge on any atom is -0.421 e. The van der Waals surface area contributed by atoms with Crippen LogP contribution < -0.4 is 15.0 Å². The highest BCUT2D eigenvalue weighted by atomic mass is 19.1. The zero-order chi connectivity index (χ0) is 28.4. The van der Waals surface area contributed by atoms with Crippen LogP contribution in [0.25, 0.3) is 11.1 Å². The third-order valence-corrected chi connectivity index (χ3v) is 6.59. The van der Waals surface area contributed by atoms with Crippen molar-refractivity contribution >= 4 is 23.4 Å². The number of rotatable bonds is 7. The van der Waals surface area contributed by atoms with E-state index in [0.29, 0.717) is 48.2 Å². The largest absolute Gasteiger partial charge is 0.421 e. The van der Waals surface area contributed by atoms with Crippen LogP contribution in [0.5, 0.6) is 11.8 Å². The molecule has 1 aromatic carbocycles. The Balaban J connectivity index is 1.50. The predicted molar refractivity (Wildman–Crippen MR) is 149 cm³/mol. The van der Waals surface area contributed by atoms with Gasteiger partial charge in [0.05, 0.1) is 17.4 Å². The molecule has 0 atom stereocenters. The average Bonchev–Trinajstić information content (AvgIpc) is 3.33. The molecule has 1 amide bonds. The fourth-order valence-electron chi connectivity index (χ4n) is 4.67. The molecule has 40 heavy (non-hydrogen) atoms. The van der Waals surface area contributed by atoms with Crippen LogP contribution in [0, 0.1) is 12.7 Å². The summed E-state index contributed by atoms with van der Waals surface area (Å²) >= 11 is 0. The molecule has 0 spiro atoms. The second-order valence-electron chi connectivity index (χ2n) is 10.1. The maximum absolute atomic E-state index is 15.3. The van der Waals surface area contributed by atoms with E-state index in [-0.39, 0.29) is 17.7 Å². The minimum absolute atomic E-state index is 0.00404. The molecule has 1 aliphatic rings. The highest BCUT2D eigenvalue weighted by Crippen LogP contribution is 2.35. The number of anilines is 3. The molecule has 0 aliphatic carbocycles. The van der Waals surface area contributed by atoms with E-state index in [1.54, 1.807) is 47.2 Å². The zero-order valence-electron chi connectivity index (χ0n) is 22.8. The van der Waals surface area contributed by atoms with Gasteiger partial charge in [0, 0.05) is 56.5 Å². The number of amides is 1. The molecule has 0 radical (unpaired) electrons. The van der Waals surface area contributed by atoms with Gasteiger partial charge in [-0.1, -0.05) is 12.6 Å². The third kappa shape index (κ3) is 5.60. The van der Waals surface area contributed by atoms with Crippen LogP contribution in [0.15, 0.2) is 61.7 Å². The molecule has 5 rings (SSSR count). The van der Waals surface area contributed by atoms with Crippen molar-refractivity contribution in [2.24, 2.45) is 7.05 Å². The van der Waals surface area contributed by atoms with Gasteiger partial charge in [-0.05, 0) is 50.6 Å². The second kappa shape index (κ2) is 10.7. The SMILES string of the molecule is C=CC(=O)N1CCN(c2nc(Nc3cnn(C)c3)ncc2-c2ccc(Oc3nccc(C)n3)c(F)c2)CC1(C)C. The lowest BCUT2D eigenvalue weighted by Gasteiger charge is -2.47. The van der Waals surface area contributed by atoms with Gasteiger partial charge in [0.1, 0.15) is 5.82 Å². The van der Waals surface area contributed by atoms with Gasteiger partial charge in [-0.2, -0.15) is 10.1 Å². The van der Waals surface area contributed by atoms with Crippen LogP contribution in [-0.4, -0.2) is 65.7 Å². The van der Waals surface area contributed by atoms with E-state index in [1.807, 2.05) is 27.1 Å². The van der Waals surface area contributed by atoms with E-state index in [4.69, 9.17) is 9.72 Å². The van der Waals surface area contributed by atoms with Crippen LogP contribution in [0.3, 0.4) is 0 Å². The van der Waals surface area contributed by atoms with Crippen LogP contribution in [0.1, 0.15) is 19.5 Å². The van der Waals surface area contributed by atoms with Crippen LogP contribution in [0.2, 0.25) is 0 Å². The lowest BCUT2D eigenvalue weighted by Crippen LogP contribution is -2.61. The van der Waals surface area contributed by atoms with Crippen molar-refractivity contribution in [3.05, 3.63) is 73.2 Å². The van der Waals surface area contributed by atoms with Gasteiger partial charge in [0.15, 0.2) is 11.6 Å². The number of hydrogen-bond donors (Lipinski definition) is 1. The molecule has 4 heterocycles. The molecular weight excluding hydrogens is 513 g/mol. The molecule has 12 heteroatoms. The van der Waals surface area contributed by atoms with Crippen molar-refractivity contribution in [2.75, 3.05) is 29.9 Å². The molecule has 11 nitrogen and oxygen atoms in total. The van der Waals surface area contributed by atoms with Crippen molar-refractivity contribution in [2.45, 2.75) is 26.3 Å². The van der Waals surface area contributed by atoms with Gasteiger partial charge in [-0.15, -0.1) is 0 Å². The molecule has 3 aromatic heterocycles. The van der Waals surface area contributed by atoms with Gasteiger partial charge in [0.25, 0.3) is 0 Å². The van der Waals surface area contributed by atoms with E-state index in [9.17, 15) is 4.79 Å². The summed E-state index contributed by atoms with van der Waals surface area (Å²) in [5, 5.41) is 7.35. The fourth-order valence-corrected chi connectivity index (χ4v) is 4.67. The van der Waals surface area contributed by atoms with Gasteiger partial charge in [0.2, 0.25) is 11.9 Å².